The smallest absolute Gasteiger partial charge is 0.328 e. The van der Waals surface area contributed by atoms with E-state index in [0.717, 1.165) is 11.5 Å². The van der Waals surface area contributed by atoms with E-state index in [4.69, 9.17) is 32.8 Å². The summed E-state index contributed by atoms with van der Waals surface area (Å²) in [5.41, 5.74) is 1.70. The second kappa shape index (κ2) is 10.9. The minimum atomic E-state index is -3.60. The first-order valence-corrected chi connectivity index (χ1v) is 14.3. The van der Waals surface area contributed by atoms with Crippen molar-refractivity contribution in [1.82, 2.24) is 14.0 Å². The van der Waals surface area contributed by atoms with Crippen LogP contribution in [0.15, 0.2) is 71.2 Å². The van der Waals surface area contributed by atoms with E-state index in [9.17, 15) is 18.0 Å². The van der Waals surface area contributed by atoms with Crippen LogP contribution in [-0.2, 0) is 14.8 Å². The number of hydrogen-bond acceptors (Lipinski definition) is 7. The van der Waals surface area contributed by atoms with Gasteiger partial charge < -0.3 is 14.5 Å². The first-order chi connectivity index (χ1) is 19.1. The number of aliphatic carboxylic acids is 1. The van der Waals surface area contributed by atoms with Gasteiger partial charge >= 0.3 is 5.97 Å². The third-order valence-electron chi connectivity index (χ3n) is 6.57. The first-order valence-electron chi connectivity index (χ1n) is 12.0. The summed E-state index contributed by atoms with van der Waals surface area (Å²) in [5, 5.41) is 15.3. The lowest BCUT2D eigenvalue weighted by Gasteiger charge is -2.33. The molecule has 1 aliphatic heterocycles. The second-order valence-electron chi connectivity index (χ2n) is 8.85. The number of halogens is 2. The van der Waals surface area contributed by atoms with Crippen LogP contribution in [-0.4, -0.2) is 65.6 Å². The molecule has 0 atom stereocenters. The Balaban J connectivity index is 1.62. The van der Waals surface area contributed by atoms with Crippen molar-refractivity contribution in [2.45, 2.75) is 0 Å². The van der Waals surface area contributed by atoms with Gasteiger partial charge in [0.15, 0.2) is 0 Å². The van der Waals surface area contributed by atoms with Crippen LogP contribution in [0.3, 0.4) is 0 Å². The van der Waals surface area contributed by atoms with Crippen LogP contribution >= 0.6 is 23.2 Å². The average molecular weight is 601 g/mol. The van der Waals surface area contributed by atoms with Crippen LogP contribution < -0.4 is 4.90 Å². The predicted octanol–water partition coefficient (Wildman–Crippen LogP) is 4.98. The van der Waals surface area contributed by atoms with E-state index in [1.165, 1.54) is 14.9 Å². The molecule has 0 bridgehead atoms. The fourth-order valence-electron chi connectivity index (χ4n) is 4.63. The van der Waals surface area contributed by atoms with Crippen LogP contribution in [0.25, 0.3) is 28.2 Å². The summed E-state index contributed by atoms with van der Waals surface area (Å²) in [6, 6.07) is 11.8. The number of carboxylic acid groups (broad SMARTS) is 1. The van der Waals surface area contributed by atoms with Crippen molar-refractivity contribution in [3.63, 3.8) is 0 Å². The van der Waals surface area contributed by atoms with Gasteiger partial charge in [-0.1, -0.05) is 53.1 Å². The van der Waals surface area contributed by atoms with Crippen molar-refractivity contribution in [2.75, 3.05) is 31.1 Å². The van der Waals surface area contributed by atoms with Gasteiger partial charge in [0, 0.05) is 54.8 Å². The summed E-state index contributed by atoms with van der Waals surface area (Å²) in [4.78, 5) is 27.0. The molecule has 1 fully saturated rings. The summed E-state index contributed by atoms with van der Waals surface area (Å²) >= 11 is 13.0. The van der Waals surface area contributed by atoms with Crippen molar-refractivity contribution in [3.05, 3.63) is 87.9 Å². The number of aromatic nitrogens is 2. The molecule has 0 spiro atoms. The topological polar surface area (TPSA) is 126 Å². The number of carbonyl (C=O) groups excluding carboxylic acids is 1. The van der Waals surface area contributed by atoms with Gasteiger partial charge in [0.2, 0.25) is 15.9 Å². The zero-order chi connectivity index (χ0) is 28.6. The lowest BCUT2D eigenvalue weighted by Crippen LogP contribution is -2.48. The zero-order valence-electron chi connectivity index (χ0n) is 20.8. The number of carbonyl (C=O) groups is 2. The maximum absolute atomic E-state index is 14.2. The molecule has 0 amide bonds. The lowest BCUT2D eigenvalue weighted by molar-refractivity contribution is -0.131. The number of rotatable bonds is 7. The number of carboxylic acids is 1. The van der Waals surface area contributed by atoms with Crippen molar-refractivity contribution in [1.29, 1.82) is 0 Å². The van der Waals surface area contributed by atoms with Gasteiger partial charge in [0.05, 0.1) is 15.6 Å². The Labute approximate surface area is 239 Å². The Morgan fingerprint density at radius 1 is 1.02 bits per heavy atom. The highest BCUT2D eigenvalue weighted by Gasteiger charge is 2.34. The molecule has 5 rings (SSSR count). The van der Waals surface area contributed by atoms with Crippen molar-refractivity contribution in [3.8, 4) is 11.3 Å². The molecule has 0 aliphatic carbocycles. The molecule has 0 radical (unpaired) electrons. The Kier molecular flexibility index (Phi) is 7.56. The molecular formula is C27H22Cl2N4O6S. The van der Waals surface area contributed by atoms with Gasteiger partial charge in [-0.25, -0.2) is 13.2 Å². The largest absolute Gasteiger partial charge is 0.478 e. The van der Waals surface area contributed by atoms with Crippen molar-refractivity contribution in [2.24, 2.45) is 0 Å². The number of fused-ring (bicyclic) bond motifs is 1. The number of piperazine rings is 1. The third kappa shape index (κ3) is 5.04. The molecular weight excluding hydrogens is 579 g/mol. The normalized spacial score (nSPS) is 14.7. The number of benzene rings is 2. The second-order valence-corrected chi connectivity index (χ2v) is 11.5. The average Bonchev–Trinajstić information content (AvgIpc) is 3.57. The van der Waals surface area contributed by atoms with Crippen molar-refractivity contribution < 1.29 is 27.6 Å². The van der Waals surface area contributed by atoms with E-state index >= 15 is 0 Å². The standard InChI is InChI=1S/C27H22Cl2N4O6S/c1-2-40(37,38)32-15-13-31(14-16-32)27-24(25(30-39-27)23-19(28)6-4-7-20(23)29)26(36)33-12-11-18-17(9-10-22(34)35)5-3-8-21(18)33/h2-12H,1,13-16H2,(H,34,35)/b10-9+. The van der Waals surface area contributed by atoms with Gasteiger partial charge in [-0.05, 0) is 35.9 Å². The van der Waals surface area contributed by atoms with Crippen molar-refractivity contribution >= 4 is 68.0 Å². The van der Waals surface area contributed by atoms with Crippen LogP contribution in [0.4, 0.5) is 5.88 Å². The van der Waals surface area contributed by atoms with Gasteiger partial charge in [-0.2, -0.15) is 4.31 Å². The van der Waals surface area contributed by atoms with Gasteiger partial charge in [-0.3, -0.25) is 9.36 Å². The molecule has 10 nitrogen and oxygen atoms in total. The van der Waals surface area contributed by atoms with Gasteiger partial charge in [0.25, 0.3) is 5.91 Å². The Hall–Kier alpha value is -3.90. The van der Waals surface area contributed by atoms with E-state index in [1.807, 2.05) is 0 Å². The summed E-state index contributed by atoms with van der Waals surface area (Å²) in [7, 11) is -3.60. The maximum atomic E-state index is 14.2. The third-order valence-corrected chi connectivity index (χ3v) is 8.71. The summed E-state index contributed by atoms with van der Waals surface area (Å²) in [5.74, 6) is -1.43. The van der Waals surface area contributed by atoms with E-state index < -0.39 is 21.9 Å². The zero-order valence-corrected chi connectivity index (χ0v) is 23.2. The fraction of sp³-hybridized carbons (Fsp3) is 0.148. The Morgan fingerprint density at radius 3 is 2.35 bits per heavy atom. The highest BCUT2D eigenvalue weighted by molar-refractivity contribution is 7.92. The lowest BCUT2D eigenvalue weighted by atomic mass is 10.1. The highest BCUT2D eigenvalue weighted by atomic mass is 35.5. The monoisotopic (exact) mass is 600 g/mol. The highest BCUT2D eigenvalue weighted by Crippen LogP contribution is 2.40. The van der Waals surface area contributed by atoms with Crippen LogP contribution in [0.2, 0.25) is 10.0 Å². The summed E-state index contributed by atoms with van der Waals surface area (Å²) < 4.78 is 33.0. The minimum Gasteiger partial charge on any atom is -0.478 e. The molecule has 1 aliphatic rings. The van der Waals surface area contributed by atoms with E-state index in [1.54, 1.807) is 53.6 Å². The quantitative estimate of drug-likeness (QED) is 0.294. The molecule has 2 aromatic heterocycles. The molecule has 1 N–H and O–H groups in total. The summed E-state index contributed by atoms with van der Waals surface area (Å²) in [6.07, 6.45) is 4.06. The molecule has 0 saturated carbocycles. The molecule has 4 aromatic rings. The number of hydrogen-bond donors (Lipinski definition) is 1. The number of nitrogens with zero attached hydrogens (tertiary/aromatic N) is 4. The van der Waals surface area contributed by atoms with E-state index in [-0.39, 0.29) is 53.4 Å². The fourth-order valence-corrected chi connectivity index (χ4v) is 6.09. The molecule has 0 unspecified atom stereocenters. The van der Waals surface area contributed by atoms with E-state index in [2.05, 4.69) is 11.7 Å². The number of anilines is 1. The van der Waals surface area contributed by atoms with Crippen LogP contribution in [0.1, 0.15) is 15.9 Å². The molecule has 2 aromatic carbocycles. The molecule has 206 valence electrons. The van der Waals surface area contributed by atoms with Gasteiger partial charge in [0.1, 0.15) is 11.3 Å². The van der Waals surface area contributed by atoms with E-state index in [0.29, 0.717) is 22.0 Å². The van der Waals surface area contributed by atoms with Gasteiger partial charge in [-0.15, -0.1) is 0 Å². The first kappa shape index (κ1) is 27.7. The Morgan fingerprint density at radius 2 is 1.70 bits per heavy atom. The molecule has 40 heavy (non-hydrogen) atoms. The molecule has 13 heteroatoms. The molecule has 3 heterocycles. The van der Waals surface area contributed by atoms with Crippen LogP contribution in [0, 0.1) is 0 Å². The SMILES string of the molecule is C=CS(=O)(=O)N1CCN(c2onc(-c3c(Cl)cccc3Cl)c2C(=O)n2ccc3c(/C=C/C(=O)O)cccc32)CC1. The molecule has 1 saturated heterocycles. The number of sulfonamides is 1. The minimum absolute atomic E-state index is 0.0963. The predicted molar refractivity (Wildman–Crippen MR) is 153 cm³/mol. The maximum Gasteiger partial charge on any atom is 0.328 e. The Bertz CT molecular complexity index is 1770. The summed E-state index contributed by atoms with van der Waals surface area (Å²) in [6.45, 7) is 4.14. The van der Waals surface area contributed by atoms with Crippen LogP contribution in [0.5, 0.6) is 0 Å².